The minimum atomic E-state index is -3.91. The molecule has 11 heteroatoms. The molecule has 0 atom stereocenters. The van der Waals surface area contributed by atoms with Crippen molar-refractivity contribution >= 4 is 49.2 Å². The average molecular weight is 454 g/mol. The third kappa shape index (κ3) is 5.14. The highest BCUT2D eigenvalue weighted by atomic mass is 32.2. The van der Waals surface area contributed by atoms with Crippen LogP contribution in [-0.4, -0.2) is 67.4 Å². The van der Waals surface area contributed by atoms with E-state index in [-0.39, 0.29) is 0 Å². The van der Waals surface area contributed by atoms with Gasteiger partial charge < -0.3 is 14.2 Å². The number of fused-ring (bicyclic) bond motifs is 1. The molecule has 1 aromatic heterocycles. The van der Waals surface area contributed by atoms with Crippen molar-refractivity contribution in [2.45, 2.75) is 19.3 Å². The van der Waals surface area contributed by atoms with E-state index in [1.807, 2.05) is 0 Å². The number of piperidine rings is 1. The second-order valence-corrected chi connectivity index (χ2v) is 10.2. The molecule has 2 heterocycles. The summed E-state index contributed by atoms with van der Waals surface area (Å²) < 4.78 is 31.7. The number of benzene rings is 1. The molecule has 9 nitrogen and oxygen atoms in total. The summed E-state index contributed by atoms with van der Waals surface area (Å²) in [6.07, 6.45) is 2.75. The summed E-state index contributed by atoms with van der Waals surface area (Å²) in [5, 5.41) is 0. The van der Waals surface area contributed by atoms with Crippen molar-refractivity contribution in [3.05, 3.63) is 28.6 Å². The van der Waals surface area contributed by atoms with Gasteiger partial charge in [-0.3, -0.25) is 9.59 Å². The number of nitrogens with zero attached hydrogens (tertiary/aromatic N) is 3. The average Bonchev–Trinajstić information content (AvgIpc) is 3.01. The standard InChI is InChI=1S/C19H23N3O6S2/c1-21-14-7-6-13(18(25)28-2)10-15(14)29-19(21)20-16(23)11-30(26,27)12-17(24)22-8-4-3-5-9-22/h6-7,10H,3-5,8-9,11-12H2,1-2H3. The molecule has 0 aliphatic carbocycles. The number of esters is 1. The van der Waals surface area contributed by atoms with E-state index < -0.39 is 39.1 Å². The van der Waals surface area contributed by atoms with Gasteiger partial charge in [0.2, 0.25) is 5.91 Å². The Morgan fingerprint density at radius 3 is 2.50 bits per heavy atom. The van der Waals surface area contributed by atoms with Crippen molar-refractivity contribution in [1.29, 1.82) is 0 Å². The highest BCUT2D eigenvalue weighted by Gasteiger charge is 2.25. The summed E-state index contributed by atoms with van der Waals surface area (Å²) in [7, 11) is -0.934. The summed E-state index contributed by atoms with van der Waals surface area (Å²) in [4.78, 5) is 41.9. The number of methoxy groups -OCH3 is 1. The van der Waals surface area contributed by atoms with E-state index in [9.17, 15) is 22.8 Å². The fourth-order valence-corrected chi connectivity index (χ4v) is 5.46. The lowest BCUT2D eigenvalue weighted by Crippen LogP contribution is -2.40. The van der Waals surface area contributed by atoms with Crippen molar-refractivity contribution in [2.24, 2.45) is 12.0 Å². The van der Waals surface area contributed by atoms with Crippen LogP contribution in [0.1, 0.15) is 29.6 Å². The Bertz CT molecular complexity index is 1160. The molecular formula is C19H23N3O6S2. The van der Waals surface area contributed by atoms with Gasteiger partial charge in [-0.15, -0.1) is 0 Å². The lowest BCUT2D eigenvalue weighted by molar-refractivity contribution is -0.129. The largest absolute Gasteiger partial charge is 0.465 e. The Balaban J connectivity index is 1.76. The second kappa shape index (κ2) is 9.09. The fraction of sp³-hybridized carbons (Fsp3) is 0.474. The lowest BCUT2D eigenvalue weighted by Gasteiger charge is -2.26. The molecule has 0 unspecified atom stereocenters. The third-order valence-corrected chi connectivity index (χ3v) is 7.31. The molecule has 0 saturated carbocycles. The molecule has 0 radical (unpaired) electrons. The molecule has 2 aromatic rings. The van der Waals surface area contributed by atoms with Crippen LogP contribution in [0.3, 0.4) is 0 Å². The first-order valence-electron chi connectivity index (χ1n) is 9.44. The number of carbonyl (C=O) groups excluding carboxylic acids is 3. The van der Waals surface area contributed by atoms with Gasteiger partial charge in [0.1, 0.15) is 11.5 Å². The Labute approximate surface area is 177 Å². The molecule has 1 saturated heterocycles. The number of sulfone groups is 1. The number of hydrogen-bond acceptors (Lipinski definition) is 7. The van der Waals surface area contributed by atoms with Gasteiger partial charge in [0.25, 0.3) is 5.91 Å². The molecular weight excluding hydrogens is 430 g/mol. The summed E-state index contributed by atoms with van der Waals surface area (Å²) in [5.74, 6) is -3.29. The minimum absolute atomic E-state index is 0.301. The molecule has 3 rings (SSSR count). The van der Waals surface area contributed by atoms with Crippen molar-refractivity contribution in [2.75, 3.05) is 31.7 Å². The first kappa shape index (κ1) is 22.2. The predicted molar refractivity (Wildman–Crippen MR) is 112 cm³/mol. The first-order valence-corrected chi connectivity index (χ1v) is 12.1. The number of aromatic nitrogens is 1. The van der Waals surface area contributed by atoms with E-state index in [2.05, 4.69) is 4.99 Å². The van der Waals surface area contributed by atoms with Crippen molar-refractivity contribution < 1.29 is 27.5 Å². The zero-order valence-corrected chi connectivity index (χ0v) is 18.4. The normalized spacial score (nSPS) is 15.4. The van der Waals surface area contributed by atoms with Crippen LogP contribution in [0.25, 0.3) is 10.2 Å². The number of carbonyl (C=O) groups is 3. The SMILES string of the molecule is COC(=O)c1ccc2c(c1)sc(=NC(=O)CS(=O)(=O)CC(=O)N1CCCCC1)n2C. The van der Waals surface area contributed by atoms with Crippen molar-refractivity contribution in [3.8, 4) is 0 Å². The van der Waals surface area contributed by atoms with Gasteiger partial charge in [-0.1, -0.05) is 11.3 Å². The second-order valence-electron chi connectivity index (χ2n) is 7.10. The Hall–Kier alpha value is -2.53. The molecule has 0 bridgehead atoms. The summed E-state index contributed by atoms with van der Waals surface area (Å²) >= 11 is 1.15. The Morgan fingerprint density at radius 1 is 1.13 bits per heavy atom. The van der Waals surface area contributed by atoms with E-state index >= 15 is 0 Å². The van der Waals surface area contributed by atoms with Crippen LogP contribution in [0.2, 0.25) is 0 Å². The van der Waals surface area contributed by atoms with Crippen molar-refractivity contribution in [3.63, 3.8) is 0 Å². The maximum atomic E-state index is 12.3. The maximum absolute atomic E-state index is 12.3. The molecule has 0 spiro atoms. The van der Waals surface area contributed by atoms with Gasteiger partial charge in [0, 0.05) is 20.1 Å². The predicted octanol–water partition coefficient (Wildman–Crippen LogP) is 0.881. The van der Waals surface area contributed by atoms with Gasteiger partial charge in [-0.2, -0.15) is 4.99 Å². The summed E-state index contributed by atoms with van der Waals surface area (Å²) in [6, 6.07) is 4.93. The molecule has 1 aromatic carbocycles. The van der Waals surface area contributed by atoms with Gasteiger partial charge in [-0.05, 0) is 37.5 Å². The third-order valence-electron chi connectivity index (χ3n) is 4.85. The zero-order chi connectivity index (χ0) is 21.9. The monoisotopic (exact) mass is 453 g/mol. The number of hydrogen-bond donors (Lipinski definition) is 0. The fourth-order valence-electron chi connectivity index (χ4n) is 3.29. The van der Waals surface area contributed by atoms with E-state index in [0.29, 0.717) is 28.2 Å². The maximum Gasteiger partial charge on any atom is 0.337 e. The van der Waals surface area contributed by atoms with Gasteiger partial charge in [-0.25, -0.2) is 13.2 Å². The number of rotatable bonds is 5. The topological polar surface area (TPSA) is 115 Å². The zero-order valence-electron chi connectivity index (χ0n) is 16.8. The van der Waals surface area contributed by atoms with Gasteiger partial charge >= 0.3 is 5.97 Å². The highest BCUT2D eigenvalue weighted by molar-refractivity contribution is 7.92. The Morgan fingerprint density at radius 2 is 1.83 bits per heavy atom. The number of amides is 2. The molecule has 1 fully saturated rings. The van der Waals surface area contributed by atoms with E-state index in [1.54, 1.807) is 29.8 Å². The van der Waals surface area contributed by atoms with Crippen LogP contribution in [0, 0.1) is 0 Å². The smallest absolute Gasteiger partial charge is 0.337 e. The first-order chi connectivity index (χ1) is 14.2. The molecule has 1 aliphatic rings. The van der Waals surface area contributed by atoms with Crippen molar-refractivity contribution in [1.82, 2.24) is 9.47 Å². The quantitative estimate of drug-likeness (QED) is 0.621. The molecule has 0 N–H and O–H groups in total. The van der Waals surface area contributed by atoms with E-state index in [1.165, 1.54) is 12.0 Å². The van der Waals surface area contributed by atoms with Crippen LogP contribution in [0.4, 0.5) is 0 Å². The summed E-state index contributed by atoms with van der Waals surface area (Å²) in [6.45, 7) is 1.11. The molecule has 30 heavy (non-hydrogen) atoms. The van der Waals surface area contributed by atoms with Crippen LogP contribution < -0.4 is 4.80 Å². The van der Waals surface area contributed by atoms with E-state index in [4.69, 9.17) is 4.74 Å². The van der Waals surface area contributed by atoms with Crippen LogP contribution in [0.15, 0.2) is 23.2 Å². The number of ether oxygens (including phenoxy) is 1. The van der Waals surface area contributed by atoms with Crippen LogP contribution >= 0.6 is 11.3 Å². The number of aryl methyl sites for hydroxylation is 1. The van der Waals surface area contributed by atoms with Crippen LogP contribution in [-0.2, 0) is 31.2 Å². The molecule has 2 amide bonds. The Kier molecular flexibility index (Phi) is 6.71. The van der Waals surface area contributed by atoms with Gasteiger partial charge in [0.15, 0.2) is 14.6 Å². The molecule has 162 valence electrons. The number of thiazole rings is 1. The van der Waals surface area contributed by atoms with Crippen LogP contribution in [0.5, 0.6) is 0 Å². The highest BCUT2D eigenvalue weighted by Crippen LogP contribution is 2.19. The lowest BCUT2D eigenvalue weighted by atomic mass is 10.1. The molecule has 1 aliphatic heterocycles. The minimum Gasteiger partial charge on any atom is -0.465 e. The van der Waals surface area contributed by atoms with E-state index in [0.717, 1.165) is 36.1 Å². The number of likely N-dealkylation sites (tertiary alicyclic amines) is 1. The van der Waals surface area contributed by atoms with Gasteiger partial charge in [0.05, 0.1) is 22.9 Å². The summed E-state index contributed by atoms with van der Waals surface area (Å²) in [5.41, 5.74) is 1.10.